The molecule has 4 aliphatic rings. The standard InChI is InChI=1S/C21H28ClN3O3S/c1-14-10-15(5-7-18(14)24-9-3-2-4-20(24)26)25-13-16(28-21(25)27)11-23-12-17-6-8-19(22)29-17/h5-7,14,16,19,23H,2-4,8-13H2,1H3. The molecule has 0 radical (unpaired) electrons. The number of hydrogen-bond donors (Lipinski definition) is 1. The number of nitrogens with zero attached hydrogens (tertiary/aromatic N) is 2. The molecule has 0 bridgehead atoms. The first kappa shape index (κ1) is 20.8. The SMILES string of the molecule is CC1CC(N2CC(CNCC3=CCC(Cl)S3)OC2=O)=CC=C1N1CCCCC1=O. The summed E-state index contributed by atoms with van der Waals surface area (Å²) in [5, 5.41) is 3.37. The second-order valence-corrected chi connectivity index (χ2v) is 10.2. The number of halogens is 1. The highest BCUT2D eigenvalue weighted by Crippen LogP contribution is 2.34. The summed E-state index contributed by atoms with van der Waals surface area (Å²) in [6, 6.07) is 0. The molecular weight excluding hydrogens is 410 g/mol. The lowest BCUT2D eigenvalue weighted by atomic mass is 9.93. The number of ether oxygens (including phenoxy) is 1. The van der Waals surface area contributed by atoms with Crippen LogP contribution in [0.15, 0.2) is 34.5 Å². The van der Waals surface area contributed by atoms with E-state index in [2.05, 4.69) is 18.3 Å². The van der Waals surface area contributed by atoms with Crippen molar-refractivity contribution in [3.05, 3.63) is 34.5 Å². The first-order valence-corrected chi connectivity index (χ1v) is 11.7. The van der Waals surface area contributed by atoms with Crippen molar-refractivity contribution in [3.8, 4) is 0 Å². The van der Waals surface area contributed by atoms with Gasteiger partial charge in [-0.1, -0.05) is 13.0 Å². The molecule has 0 spiro atoms. The highest BCUT2D eigenvalue weighted by Gasteiger charge is 2.36. The number of alkyl halides is 1. The Morgan fingerprint density at radius 1 is 1.28 bits per heavy atom. The Bertz CT molecular complexity index is 766. The number of allylic oxidation sites excluding steroid dienone is 5. The van der Waals surface area contributed by atoms with Gasteiger partial charge in [-0.05, 0) is 42.7 Å². The second-order valence-electron chi connectivity index (χ2n) is 8.04. The van der Waals surface area contributed by atoms with E-state index >= 15 is 0 Å². The second kappa shape index (κ2) is 9.14. The Morgan fingerprint density at radius 3 is 2.86 bits per heavy atom. The summed E-state index contributed by atoms with van der Waals surface area (Å²) in [6.45, 7) is 4.87. The van der Waals surface area contributed by atoms with Crippen LogP contribution in [-0.4, -0.2) is 58.8 Å². The number of carbonyl (C=O) groups excluding carboxylic acids is 2. The Kier molecular flexibility index (Phi) is 6.56. The summed E-state index contributed by atoms with van der Waals surface area (Å²) >= 11 is 7.78. The van der Waals surface area contributed by atoms with E-state index in [0.717, 1.165) is 50.2 Å². The lowest BCUT2D eigenvalue weighted by molar-refractivity contribution is -0.131. The van der Waals surface area contributed by atoms with Gasteiger partial charge in [0.15, 0.2) is 0 Å². The summed E-state index contributed by atoms with van der Waals surface area (Å²) in [6.07, 6.45) is 10.0. The smallest absolute Gasteiger partial charge is 0.414 e. The van der Waals surface area contributed by atoms with Crippen LogP contribution in [-0.2, 0) is 9.53 Å². The Balaban J connectivity index is 1.32. The predicted octanol–water partition coefficient (Wildman–Crippen LogP) is 3.80. The molecule has 3 unspecified atom stereocenters. The van der Waals surface area contributed by atoms with Crippen molar-refractivity contribution in [3.63, 3.8) is 0 Å². The lowest BCUT2D eigenvalue weighted by Crippen LogP contribution is -2.38. The Morgan fingerprint density at radius 2 is 2.14 bits per heavy atom. The molecule has 3 aliphatic heterocycles. The molecule has 4 rings (SSSR count). The predicted molar refractivity (Wildman–Crippen MR) is 115 cm³/mol. The van der Waals surface area contributed by atoms with E-state index in [0.29, 0.717) is 19.5 Å². The van der Waals surface area contributed by atoms with E-state index in [-0.39, 0.29) is 28.7 Å². The Hall–Kier alpha value is -1.44. The number of cyclic esters (lactones) is 1. The zero-order chi connectivity index (χ0) is 20.4. The molecule has 2 fully saturated rings. The van der Waals surface area contributed by atoms with E-state index in [1.165, 1.54) is 4.91 Å². The van der Waals surface area contributed by atoms with Gasteiger partial charge in [0.1, 0.15) is 6.10 Å². The van der Waals surface area contributed by atoms with Gasteiger partial charge >= 0.3 is 6.09 Å². The van der Waals surface area contributed by atoms with Crippen LogP contribution >= 0.6 is 23.4 Å². The third-order valence-corrected chi connectivity index (χ3v) is 7.31. The molecule has 2 amide bonds. The highest BCUT2D eigenvalue weighted by atomic mass is 35.5. The molecule has 0 saturated carbocycles. The van der Waals surface area contributed by atoms with Crippen LogP contribution in [0.4, 0.5) is 4.79 Å². The zero-order valence-electron chi connectivity index (χ0n) is 16.7. The molecule has 0 aromatic carbocycles. The molecule has 8 heteroatoms. The van der Waals surface area contributed by atoms with Crippen LogP contribution in [0.2, 0.25) is 0 Å². The van der Waals surface area contributed by atoms with Crippen molar-refractivity contribution < 1.29 is 14.3 Å². The summed E-state index contributed by atoms with van der Waals surface area (Å²) < 4.78 is 5.70. The molecule has 1 N–H and O–H groups in total. The van der Waals surface area contributed by atoms with Crippen LogP contribution in [0.25, 0.3) is 0 Å². The van der Waals surface area contributed by atoms with Crippen molar-refractivity contribution in [1.29, 1.82) is 0 Å². The minimum atomic E-state index is -0.281. The topological polar surface area (TPSA) is 61.9 Å². The average Bonchev–Trinajstić information content (AvgIpc) is 3.28. The number of hydrogen-bond acceptors (Lipinski definition) is 5. The van der Waals surface area contributed by atoms with Gasteiger partial charge in [0.25, 0.3) is 0 Å². The fourth-order valence-electron chi connectivity index (χ4n) is 4.28. The van der Waals surface area contributed by atoms with Crippen LogP contribution in [0.1, 0.15) is 39.0 Å². The van der Waals surface area contributed by atoms with Crippen LogP contribution in [0.5, 0.6) is 0 Å². The van der Waals surface area contributed by atoms with Crippen LogP contribution < -0.4 is 5.32 Å². The maximum atomic E-state index is 12.4. The minimum absolute atomic E-state index is 0.144. The van der Waals surface area contributed by atoms with E-state index in [4.69, 9.17) is 16.3 Å². The lowest BCUT2D eigenvalue weighted by Gasteiger charge is -2.35. The van der Waals surface area contributed by atoms with E-state index in [1.54, 1.807) is 16.7 Å². The summed E-state index contributed by atoms with van der Waals surface area (Å²) in [5.41, 5.74) is 2.04. The van der Waals surface area contributed by atoms with Gasteiger partial charge in [0.2, 0.25) is 5.91 Å². The molecule has 158 valence electrons. The van der Waals surface area contributed by atoms with Gasteiger partial charge in [0, 0.05) is 43.4 Å². The largest absolute Gasteiger partial charge is 0.443 e. The van der Waals surface area contributed by atoms with Gasteiger partial charge in [-0.15, -0.1) is 23.4 Å². The van der Waals surface area contributed by atoms with Gasteiger partial charge in [0.05, 0.1) is 11.3 Å². The van der Waals surface area contributed by atoms with Gasteiger partial charge in [-0.3, -0.25) is 9.69 Å². The fraction of sp³-hybridized carbons (Fsp3) is 0.619. The van der Waals surface area contributed by atoms with Crippen LogP contribution in [0, 0.1) is 5.92 Å². The number of carbonyl (C=O) groups is 2. The molecular formula is C21H28ClN3O3S. The summed E-state index contributed by atoms with van der Waals surface area (Å²) in [5.74, 6) is 0.422. The molecule has 1 aliphatic carbocycles. The highest BCUT2D eigenvalue weighted by molar-refractivity contribution is 8.05. The minimum Gasteiger partial charge on any atom is -0.443 e. The number of nitrogens with one attached hydrogen (secondary N) is 1. The number of rotatable bonds is 6. The summed E-state index contributed by atoms with van der Waals surface area (Å²) in [4.78, 5) is 29.6. The number of amides is 2. The average molecular weight is 438 g/mol. The normalized spacial score (nSPS) is 30.3. The fourth-order valence-corrected chi connectivity index (χ4v) is 5.62. The van der Waals surface area contributed by atoms with Crippen LogP contribution in [0.3, 0.4) is 0 Å². The van der Waals surface area contributed by atoms with Crippen molar-refractivity contribution >= 4 is 35.4 Å². The third kappa shape index (κ3) is 4.84. The monoisotopic (exact) mass is 437 g/mol. The van der Waals surface area contributed by atoms with E-state index in [1.807, 2.05) is 17.1 Å². The summed E-state index contributed by atoms with van der Waals surface area (Å²) in [7, 11) is 0. The zero-order valence-corrected chi connectivity index (χ0v) is 18.3. The number of piperidine rings is 1. The Labute approximate surface area is 181 Å². The van der Waals surface area contributed by atoms with Crippen molar-refractivity contribution in [2.45, 2.75) is 49.8 Å². The van der Waals surface area contributed by atoms with Crippen molar-refractivity contribution in [2.24, 2.45) is 5.92 Å². The molecule has 0 aromatic rings. The van der Waals surface area contributed by atoms with Gasteiger partial charge in [-0.2, -0.15) is 0 Å². The molecule has 6 nitrogen and oxygen atoms in total. The van der Waals surface area contributed by atoms with Crippen molar-refractivity contribution in [2.75, 3.05) is 26.2 Å². The van der Waals surface area contributed by atoms with Gasteiger partial charge < -0.3 is 15.0 Å². The van der Waals surface area contributed by atoms with E-state index < -0.39 is 0 Å². The molecule has 2 saturated heterocycles. The first-order chi connectivity index (χ1) is 14.0. The molecule has 0 aromatic heterocycles. The number of thioether (sulfide) groups is 1. The van der Waals surface area contributed by atoms with Crippen molar-refractivity contribution in [1.82, 2.24) is 15.1 Å². The quantitative estimate of drug-likeness (QED) is 0.640. The maximum absolute atomic E-state index is 12.4. The first-order valence-electron chi connectivity index (χ1n) is 10.4. The van der Waals surface area contributed by atoms with E-state index in [9.17, 15) is 9.59 Å². The third-order valence-electron chi connectivity index (χ3n) is 5.80. The molecule has 29 heavy (non-hydrogen) atoms. The molecule has 3 heterocycles. The number of likely N-dealkylation sites (tertiary alicyclic amines) is 1. The maximum Gasteiger partial charge on any atom is 0.414 e. The van der Waals surface area contributed by atoms with Gasteiger partial charge in [-0.25, -0.2) is 4.79 Å². The molecule has 3 atom stereocenters.